The number of hydrogen-bond donors (Lipinski definition) is 2. The van der Waals surface area contributed by atoms with Crippen molar-refractivity contribution in [3.05, 3.63) is 53.1 Å². The zero-order valence-electron chi connectivity index (χ0n) is 32.2. The molecule has 2 aliphatic rings. The third kappa shape index (κ3) is 8.69. The molecule has 0 spiro atoms. The van der Waals surface area contributed by atoms with Crippen LogP contribution in [0.1, 0.15) is 77.3 Å². The molecule has 3 aromatic heterocycles. The Morgan fingerprint density at radius 1 is 0.426 bits per heavy atom. The monoisotopic (exact) mass is 853 g/mol. The summed E-state index contributed by atoms with van der Waals surface area (Å²) >= 11 is 12.4. The van der Waals surface area contributed by atoms with Gasteiger partial charge in [0.1, 0.15) is 22.6 Å². The quantitative estimate of drug-likeness (QED) is 0.104. The van der Waals surface area contributed by atoms with Crippen molar-refractivity contribution >= 4 is 131 Å². The van der Waals surface area contributed by atoms with E-state index in [1.54, 1.807) is 82.3 Å². The molecule has 2 aliphatic heterocycles. The highest BCUT2D eigenvalue weighted by Crippen LogP contribution is 2.46. The molecule has 0 radical (unpaired) electrons. The van der Waals surface area contributed by atoms with Gasteiger partial charge in [-0.05, 0) is 58.0 Å². The number of anilines is 1. The van der Waals surface area contributed by atoms with E-state index in [-0.39, 0.29) is 0 Å². The van der Waals surface area contributed by atoms with Crippen LogP contribution in [0.4, 0.5) is 5.69 Å². The van der Waals surface area contributed by atoms with Gasteiger partial charge in [0, 0.05) is 25.4 Å². The average molecular weight is 854 g/mol. The molecule has 0 saturated heterocycles. The van der Waals surface area contributed by atoms with Crippen LogP contribution < -0.4 is 4.90 Å². The summed E-state index contributed by atoms with van der Waals surface area (Å²) < 4.78 is 0. The molecule has 6 rings (SSSR count). The van der Waals surface area contributed by atoms with Crippen LogP contribution >= 0.6 is 82.3 Å². The van der Waals surface area contributed by atoms with E-state index in [2.05, 4.69) is 102 Å². The second kappa shape index (κ2) is 19.3. The van der Waals surface area contributed by atoms with Gasteiger partial charge in [0.15, 0.2) is 23.3 Å². The Labute approximate surface area is 348 Å². The van der Waals surface area contributed by atoms with E-state index in [0.717, 1.165) is 114 Å². The highest BCUT2D eigenvalue weighted by molar-refractivity contribution is 8.13. The standard InChI is InChI=1S/C38H47N9S7/c1-10-48-24-23(21-17-19-22(20-18-21)47(8)9)31-39-32(24)41-34-27(51-13-4)28(52-14-5)36(43-34)45-38-30(54-16-7)29(53-15-6)37(46-38)44-35-26(50-12-3)25(49-11-2)33(40-31)42-35/h17-20H,10-16H2,1-9H3,(H2,39,40,41,42,43,44,45,46). The van der Waals surface area contributed by atoms with Crippen molar-refractivity contribution in [1.82, 2.24) is 39.9 Å². The Bertz CT molecular complexity index is 2210. The molecule has 8 bridgehead atoms. The molecule has 9 nitrogen and oxygen atoms in total. The number of hydrogen-bond acceptors (Lipinski definition) is 14. The lowest BCUT2D eigenvalue weighted by Crippen LogP contribution is -2.08. The van der Waals surface area contributed by atoms with Crippen molar-refractivity contribution in [3.8, 4) is 0 Å². The molecule has 0 aliphatic carbocycles. The predicted molar refractivity (Wildman–Crippen MR) is 246 cm³/mol. The van der Waals surface area contributed by atoms with Crippen molar-refractivity contribution in [2.45, 2.75) is 68.0 Å². The molecule has 16 heteroatoms. The first-order valence-corrected chi connectivity index (χ1v) is 25.2. The summed E-state index contributed by atoms with van der Waals surface area (Å²) in [6.07, 6.45) is 0. The van der Waals surface area contributed by atoms with Gasteiger partial charge in [-0.3, -0.25) is 0 Å². The smallest absolute Gasteiger partial charge is 0.171 e. The van der Waals surface area contributed by atoms with Crippen molar-refractivity contribution in [3.63, 3.8) is 0 Å². The Morgan fingerprint density at radius 2 is 0.759 bits per heavy atom. The third-order valence-corrected chi connectivity index (χ3v) is 15.2. The highest BCUT2D eigenvalue weighted by atomic mass is 32.2. The summed E-state index contributed by atoms with van der Waals surface area (Å²) in [5.74, 6) is 8.87. The third-order valence-electron chi connectivity index (χ3n) is 8.00. The fourth-order valence-corrected chi connectivity index (χ4v) is 12.3. The lowest BCUT2D eigenvalue weighted by atomic mass is 10.1. The molecule has 0 fully saturated rings. The van der Waals surface area contributed by atoms with Gasteiger partial charge in [-0.2, -0.15) is 0 Å². The maximum atomic E-state index is 5.41. The average Bonchev–Trinajstić information content (AvgIpc) is 3.85. The molecule has 4 aromatic rings. The topological polar surface area (TPSA) is 112 Å². The Hall–Kier alpha value is -2.21. The van der Waals surface area contributed by atoms with Gasteiger partial charge in [-0.25, -0.2) is 29.9 Å². The predicted octanol–water partition coefficient (Wildman–Crippen LogP) is 11.4. The number of benzene rings is 1. The lowest BCUT2D eigenvalue weighted by molar-refractivity contribution is 1.10. The molecule has 1 aromatic carbocycles. The first kappa shape index (κ1) is 41.4. The van der Waals surface area contributed by atoms with E-state index < -0.39 is 0 Å². The fourth-order valence-electron chi connectivity index (χ4n) is 5.88. The Kier molecular flexibility index (Phi) is 14.8. The Balaban J connectivity index is 1.82. The van der Waals surface area contributed by atoms with Crippen LogP contribution in [0.25, 0.3) is 42.9 Å². The van der Waals surface area contributed by atoms with Crippen LogP contribution in [0, 0.1) is 0 Å². The maximum absolute atomic E-state index is 5.41. The van der Waals surface area contributed by atoms with Crippen molar-refractivity contribution in [2.75, 3.05) is 59.3 Å². The largest absolute Gasteiger partial charge is 0.378 e. The summed E-state index contributed by atoms with van der Waals surface area (Å²) in [5.41, 5.74) is 6.21. The summed E-state index contributed by atoms with van der Waals surface area (Å²) in [4.78, 5) is 48.8. The van der Waals surface area contributed by atoms with E-state index in [0.29, 0.717) is 23.3 Å². The molecule has 2 N–H and O–H groups in total. The van der Waals surface area contributed by atoms with E-state index in [1.807, 2.05) is 0 Å². The van der Waals surface area contributed by atoms with Crippen LogP contribution in [0.3, 0.4) is 0 Å². The van der Waals surface area contributed by atoms with Gasteiger partial charge in [0.05, 0.1) is 34.3 Å². The molecular formula is C38H47N9S7. The highest BCUT2D eigenvalue weighted by Gasteiger charge is 2.28. The SMILES string of the molecule is CCSC1=C(SCC)c2nc1nc1[nH]c(nc3nc(nc4[nH]c(n2)c(SCC)c4SCC)C(c2ccc(N(C)C)cc2)=C3SCC)c(SCC)c1SCC. The maximum Gasteiger partial charge on any atom is 0.171 e. The number of nitrogens with zero attached hydrogens (tertiary/aromatic N) is 7. The van der Waals surface area contributed by atoms with Gasteiger partial charge >= 0.3 is 0 Å². The number of rotatable bonds is 16. The number of H-pyrrole nitrogens is 2. The molecule has 0 amide bonds. The molecule has 0 unspecified atom stereocenters. The number of fused-ring (bicyclic) bond motifs is 8. The summed E-state index contributed by atoms with van der Waals surface area (Å²) in [6, 6.07) is 8.65. The van der Waals surface area contributed by atoms with Gasteiger partial charge in [-0.15, -0.1) is 82.3 Å². The van der Waals surface area contributed by atoms with Gasteiger partial charge in [0.2, 0.25) is 0 Å². The Morgan fingerprint density at radius 3 is 1.13 bits per heavy atom. The minimum atomic E-state index is 0.634. The summed E-state index contributed by atoms with van der Waals surface area (Å²) in [7, 11) is 4.12. The second-order valence-electron chi connectivity index (χ2n) is 11.8. The number of aromatic nitrogens is 8. The van der Waals surface area contributed by atoms with Crippen molar-refractivity contribution in [1.29, 1.82) is 0 Å². The van der Waals surface area contributed by atoms with Crippen molar-refractivity contribution in [2.24, 2.45) is 0 Å². The number of thioether (sulfide) groups is 7. The summed E-state index contributed by atoms with van der Waals surface area (Å²) in [6.45, 7) is 15.2. The van der Waals surface area contributed by atoms with E-state index in [1.165, 1.54) is 0 Å². The molecule has 5 heterocycles. The van der Waals surface area contributed by atoms with E-state index in [9.17, 15) is 0 Å². The number of aromatic amines is 2. The van der Waals surface area contributed by atoms with Crippen LogP contribution in [-0.2, 0) is 0 Å². The van der Waals surface area contributed by atoms with Crippen LogP contribution in [-0.4, -0.2) is 94.2 Å². The minimum Gasteiger partial charge on any atom is -0.378 e. The molecule has 0 saturated carbocycles. The van der Waals surface area contributed by atoms with Crippen LogP contribution in [0.5, 0.6) is 0 Å². The zero-order valence-corrected chi connectivity index (χ0v) is 38.0. The van der Waals surface area contributed by atoms with Crippen molar-refractivity contribution < 1.29 is 0 Å². The van der Waals surface area contributed by atoms with Crippen LogP contribution in [0.2, 0.25) is 0 Å². The van der Waals surface area contributed by atoms with Crippen LogP contribution in [0.15, 0.2) is 43.8 Å². The second-order valence-corrected chi connectivity index (χ2v) is 20.7. The number of nitrogens with one attached hydrogen (secondary N) is 2. The molecule has 54 heavy (non-hydrogen) atoms. The lowest BCUT2D eigenvalue weighted by Gasteiger charge is -2.13. The fraction of sp³-hybridized carbons (Fsp3) is 0.421. The summed E-state index contributed by atoms with van der Waals surface area (Å²) in [5, 5.41) is 0. The first-order chi connectivity index (χ1) is 26.3. The van der Waals surface area contributed by atoms with Gasteiger partial charge < -0.3 is 14.9 Å². The zero-order chi connectivity index (χ0) is 38.4. The molecule has 0 atom stereocenters. The van der Waals surface area contributed by atoms with E-state index >= 15 is 0 Å². The molecule has 286 valence electrons. The minimum absolute atomic E-state index is 0.634. The van der Waals surface area contributed by atoms with E-state index in [4.69, 9.17) is 29.9 Å². The van der Waals surface area contributed by atoms with Gasteiger partial charge in [-0.1, -0.05) is 60.6 Å². The first-order valence-electron chi connectivity index (χ1n) is 18.3. The van der Waals surface area contributed by atoms with Gasteiger partial charge in [0.25, 0.3) is 0 Å². The normalized spacial score (nSPS) is 13.1. The molecular weight excluding hydrogens is 807 g/mol.